The molecule has 0 saturated heterocycles. The van der Waals surface area contributed by atoms with Gasteiger partial charge in [-0.05, 0) is 64.7 Å². The molecule has 0 bridgehead atoms. The van der Waals surface area contributed by atoms with Gasteiger partial charge in [0.25, 0.3) is 0 Å². The van der Waals surface area contributed by atoms with Crippen LogP contribution in [0.4, 0.5) is 0 Å². The predicted octanol–water partition coefficient (Wildman–Crippen LogP) is 10.3. The van der Waals surface area contributed by atoms with Crippen LogP contribution in [0.25, 0.3) is 43.8 Å². The van der Waals surface area contributed by atoms with Crippen LogP contribution in [0.15, 0.2) is 146 Å². The summed E-state index contributed by atoms with van der Waals surface area (Å²) in [5.41, 5.74) is 3.33. The van der Waals surface area contributed by atoms with Gasteiger partial charge >= 0.3 is 0 Å². The molecule has 0 unspecified atom stereocenters. The maximum atomic E-state index is 11.5. The van der Waals surface area contributed by atoms with Crippen LogP contribution in [0, 0.1) is 0 Å². The predicted molar refractivity (Wildman–Crippen MR) is 169 cm³/mol. The lowest BCUT2D eigenvalue weighted by Crippen LogP contribution is -1.95. The van der Waals surface area contributed by atoms with Crippen molar-refractivity contribution in [1.29, 1.82) is 0 Å². The fourth-order valence-corrected chi connectivity index (χ4v) is 5.57. The quantitative estimate of drug-likeness (QED) is 0.161. The van der Waals surface area contributed by atoms with E-state index in [0.29, 0.717) is 22.6 Å². The number of fused-ring (bicyclic) bond motifs is 2. The molecular weight excluding hydrogens is 520 g/mol. The van der Waals surface area contributed by atoms with Crippen LogP contribution in [0.3, 0.4) is 0 Å². The van der Waals surface area contributed by atoms with Gasteiger partial charge in [-0.15, -0.1) is 0 Å². The highest BCUT2D eigenvalue weighted by atomic mass is 16.5. The largest absolute Gasteiger partial charge is 0.504 e. The molecule has 0 aromatic heterocycles. The van der Waals surface area contributed by atoms with Gasteiger partial charge in [0.2, 0.25) is 0 Å². The Morgan fingerprint density at radius 2 is 0.833 bits per heavy atom. The Morgan fingerprint density at radius 1 is 0.381 bits per heavy atom. The number of para-hydroxylation sites is 4. The Bertz CT molecular complexity index is 2050. The van der Waals surface area contributed by atoms with E-state index in [1.54, 1.807) is 0 Å². The molecule has 7 aromatic carbocycles. The Morgan fingerprint density at radius 3 is 1.40 bits per heavy atom. The van der Waals surface area contributed by atoms with E-state index >= 15 is 0 Å². The first-order chi connectivity index (χ1) is 20.7. The molecular formula is C38H26O4. The molecule has 7 rings (SSSR count). The van der Waals surface area contributed by atoms with Gasteiger partial charge in [0.05, 0.1) is 0 Å². The van der Waals surface area contributed by atoms with E-state index in [9.17, 15) is 10.2 Å². The monoisotopic (exact) mass is 546 g/mol. The topological polar surface area (TPSA) is 58.9 Å². The third kappa shape index (κ3) is 4.45. The first kappa shape index (κ1) is 25.2. The van der Waals surface area contributed by atoms with Crippen molar-refractivity contribution in [3.8, 4) is 56.8 Å². The zero-order valence-corrected chi connectivity index (χ0v) is 22.6. The van der Waals surface area contributed by atoms with Gasteiger partial charge in [-0.25, -0.2) is 0 Å². The molecule has 0 radical (unpaired) electrons. The van der Waals surface area contributed by atoms with Crippen molar-refractivity contribution in [2.75, 3.05) is 0 Å². The molecule has 0 fully saturated rings. The van der Waals surface area contributed by atoms with Gasteiger partial charge in [0.1, 0.15) is 23.0 Å². The number of rotatable bonds is 6. The first-order valence-corrected chi connectivity index (χ1v) is 13.7. The van der Waals surface area contributed by atoms with E-state index in [0.717, 1.165) is 44.2 Å². The van der Waals surface area contributed by atoms with Gasteiger partial charge in [-0.3, -0.25) is 0 Å². The summed E-state index contributed by atoms with van der Waals surface area (Å²) in [5.74, 6) is 2.37. The highest BCUT2D eigenvalue weighted by molar-refractivity contribution is 6.24. The second-order valence-electron chi connectivity index (χ2n) is 9.97. The first-order valence-electron chi connectivity index (χ1n) is 13.7. The zero-order chi connectivity index (χ0) is 28.5. The third-order valence-corrected chi connectivity index (χ3v) is 7.40. The van der Waals surface area contributed by atoms with E-state index in [1.807, 2.05) is 133 Å². The molecule has 0 amide bonds. The minimum atomic E-state index is -0.194. The van der Waals surface area contributed by atoms with Gasteiger partial charge in [-0.1, -0.05) is 97.1 Å². The summed E-state index contributed by atoms with van der Waals surface area (Å²) in [6.07, 6.45) is 0. The Labute approximate surface area is 243 Å². The van der Waals surface area contributed by atoms with Crippen LogP contribution in [-0.2, 0) is 0 Å². The summed E-state index contributed by atoms with van der Waals surface area (Å²) < 4.78 is 12.8. The lowest BCUT2D eigenvalue weighted by molar-refractivity contribution is 0.408. The standard InChI is InChI=1S/C38H26O4/c39-32-24-23-31-35(29-19-9-11-21-33(29)41-25-13-3-1-4-14-25)27-17-7-8-18-28(27)36(37(31)38(32)40)30-20-10-12-22-34(30)42-26-15-5-2-6-16-26/h1-24,39-40H. The molecule has 42 heavy (non-hydrogen) atoms. The Hall–Kier alpha value is -5.74. The number of phenolic OH excluding ortho intramolecular Hbond substituents is 2. The molecule has 0 atom stereocenters. The van der Waals surface area contributed by atoms with Crippen molar-refractivity contribution in [3.63, 3.8) is 0 Å². The van der Waals surface area contributed by atoms with Crippen LogP contribution in [0.1, 0.15) is 0 Å². The van der Waals surface area contributed by atoms with Crippen molar-refractivity contribution in [3.05, 3.63) is 146 Å². The van der Waals surface area contributed by atoms with Gasteiger partial charge in [0.15, 0.2) is 11.5 Å². The number of hydrogen-bond donors (Lipinski definition) is 2. The highest BCUT2D eigenvalue weighted by Crippen LogP contribution is 2.52. The smallest absolute Gasteiger partial charge is 0.166 e. The summed E-state index contributed by atoms with van der Waals surface area (Å²) in [6.45, 7) is 0. The van der Waals surface area contributed by atoms with Crippen molar-refractivity contribution in [2.24, 2.45) is 0 Å². The third-order valence-electron chi connectivity index (χ3n) is 7.40. The van der Waals surface area contributed by atoms with Gasteiger partial charge in [-0.2, -0.15) is 0 Å². The normalized spacial score (nSPS) is 11.0. The summed E-state index contributed by atoms with van der Waals surface area (Å²) >= 11 is 0. The van der Waals surface area contributed by atoms with Gasteiger partial charge in [0, 0.05) is 27.6 Å². The molecule has 0 aliphatic rings. The summed E-state index contributed by atoms with van der Waals surface area (Å²) in [6, 6.07) is 46.4. The summed E-state index contributed by atoms with van der Waals surface area (Å²) in [7, 11) is 0. The molecule has 0 aliphatic heterocycles. The molecule has 0 heterocycles. The van der Waals surface area contributed by atoms with Crippen LogP contribution in [0.5, 0.6) is 34.5 Å². The van der Waals surface area contributed by atoms with E-state index in [1.165, 1.54) is 6.07 Å². The zero-order valence-electron chi connectivity index (χ0n) is 22.6. The molecule has 0 saturated carbocycles. The fraction of sp³-hybridized carbons (Fsp3) is 0. The number of ether oxygens (including phenoxy) is 2. The number of hydrogen-bond acceptors (Lipinski definition) is 4. The van der Waals surface area contributed by atoms with Crippen molar-refractivity contribution in [1.82, 2.24) is 0 Å². The molecule has 4 nitrogen and oxygen atoms in total. The van der Waals surface area contributed by atoms with Crippen LogP contribution in [-0.4, -0.2) is 10.2 Å². The maximum absolute atomic E-state index is 11.5. The van der Waals surface area contributed by atoms with Crippen molar-refractivity contribution in [2.45, 2.75) is 0 Å². The molecule has 2 N–H and O–H groups in total. The highest BCUT2D eigenvalue weighted by Gasteiger charge is 2.24. The van der Waals surface area contributed by atoms with E-state index < -0.39 is 0 Å². The number of benzene rings is 7. The minimum Gasteiger partial charge on any atom is -0.504 e. The lowest BCUT2D eigenvalue weighted by atomic mass is 9.85. The van der Waals surface area contributed by atoms with E-state index in [4.69, 9.17) is 9.47 Å². The second kappa shape index (κ2) is 10.7. The van der Waals surface area contributed by atoms with E-state index in [-0.39, 0.29) is 11.5 Å². The fourth-order valence-electron chi connectivity index (χ4n) is 5.57. The molecule has 7 aromatic rings. The minimum absolute atomic E-state index is 0.189. The summed E-state index contributed by atoms with van der Waals surface area (Å²) in [4.78, 5) is 0. The van der Waals surface area contributed by atoms with Crippen molar-refractivity contribution >= 4 is 21.5 Å². The molecule has 0 spiro atoms. The van der Waals surface area contributed by atoms with Gasteiger partial charge < -0.3 is 19.7 Å². The van der Waals surface area contributed by atoms with E-state index in [2.05, 4.69) is 6.07 Å². The molecule has 4 heteroatoms. The average Bonchev–Trinajstić information content (AvgIpc) is 3.04. The van der Waals surface area contributed by atoms with Crippen molar-refractivity contribution < 1.29 is 19.7 Å². The number of phenols is 2. The maximum Gasteiger partial charge on any atom is 0.166 e. The average molecular weight is 547 g/mol. The molecule has 202 valence electrons. The second-order valence-corrected chi connectivity index (χ2v) is 9.97. The lowest BCUT2D eigenvalue weighted by Gasteiger charge is -2.21. The van der Waals surface area contributed by atoms with Crippen LogP contribution >= 0.6 is 0 Å². The summed E-state index contributed by atoms with van der Waals surface area (Å²) in [5, 5.41) is 25.4. The van der Waals surface area contributed by atoms with Crippen LogP contribution < -0.4 is 9.47 Å². The SMILES string of the molecule is Oc1ccc2c(-c3ccccc3Oc3ccccc3)c3ccccc3c(-c3ccccc3Oc3ccccc3)c2c1O. The molecule has 0 aliphatic carbocycles. The number of aromatic hydroxyl groups is 2. The van der Waals surface area contributed by atoms with Crippen LogP contribution in [0.2, 0.25) is 0 Å². The Balaban J connectivity index is 1.55. The Kier molecular flexibility index (Phi) is 6.42.